The van der Waals surface area contributed by atoms with Gasteiger partial charge >= 0.3 is 17.9 Å². The summed E-state index contributed by atoms with van der Waals surface area (Å²) in [6.45, 7) is 6.31. The molecule has 6 nitrogen and oxygen atoms in total. The van der Waals surface area contributed by atoms with Crippen molar-refractivity contribution in [3.8, 4) is 0 Å². The molecule has 1 atom stereocenters. The Kier molecular flexibility index (Phi) is 46.5. The van der Waals surface area contributed by atoms with Crippen LogP contribution >= 0.6 is 0 Å². The van der Waals surface area contributed by atoms with Crippen molar-refractivity contribution in [2.75, 3.05) is 13.2 Å². The predicted octanol–water partition coefficient (Wildman–Crippen LogP) is 16.4. The van der Waals surface area contributed by atoms with Crippen LogP contribution in [0.4, 0.5) is 0 Å². The smallest absolute Gasteiger partial charge is 0.306 e. The molecule has 0 N–H and O–H groups in total. The fourth-order valence-electron chi connectivity index (χ4n) is 6.81. The predicted molar refractivity (Wildman–Crippen MR) is 261 cm³/mol. The zero-order chi connectivity index (χ0) is 44.4. The molecule has 0 bridgehead atoms. The summed E-state index contributed by atoms with van der Waals surface area (Å²) in [5.41, 5.74) is 0. The Morgan fingerprint density at radius 2 is 0.639 bits per heavy atom. The number of unbranched alkanes of at least 4 members (excludes halogenated alkanes) is 24. The Morgan fingerprint density at radius 3 is 1.02 bits per heavy atom. The second-order valence-corrected chi connectivity index (χ2v) is 16.5. The van der Waals surface area contributed by atoms with Gasteiger partial charge in [-0.1, -0.05) is 234 Å². The van der Waals surface area contributed by atoms with Crippen molar-refractivity contribution >= 4 is 17.9 Å². The summed E-state index contributed by atoms with van der Waals surface area (Å²) in [5, 5.41) is 0. The second-order valence-electron chi connectivity index (χ2n) is 16.5. The average Bonchev–Trinajstić information content (AvgIpc) is 3.26. The van der Waals surface area contributed by atoms with E-state index in [9.17, 15) is 14.4 Å². The van der Waals surface area contributed by atoms with Crippen LogP contribution in [0.25, 0.3) is 0 Å². The number of carbonyl (C=O) groups is 3. The van der Waals surface area contributed by atoms with E-state index in [1.807, 2.05) is 36.5 Å². The van der Waals surface area contributed by atoms with Gasteiger partial charge in [0.1, 0.15) is 13.2 Å². The van der Waals surface area contributed by atoms with Crippen LogP contribution in [0.2, 0.25) is 0 Å². The molecule has 0 saturated carbocycles. The first kappa shape index (κ1) is 57.6. The Balaban J connectivity index is 4.43. The first-order valence-corrected chi connectivity index (χ1v) is 25.2. The fraction of sp³-hybridized carbons (Fsp3) is 0.691. The molecule has 0 aliphatic heterocycles. The number of allylic oxidation sites excluding steroid dienone is 14. The van der Waals surface area contributed by atoms with Crippen LogP contribution in [-0.4, -0.2) is 37.2 Å². The van der Waals surface area contributed by atoms with Gasteiger partial charge in [0.05, 0.1) is 0 Å². The monoisotopic (exact) mass is 849 g/mol. The molecule has 0 aromatic carbocycles. The largest absolute Gasteiger partial charge is 0.462 e. The molecular formula is C55H92O6. The summed E-state index contributed by atoms with van der Waals surface area (Å²) in [5.74, 6) is -0.960. The lowest BCUT2D eigenvalue weighted by atomic mass is 10.0. The van der Waals surface area contributed by atoms with Crippen LogP contribution in [0.15, 0.2) is 85.1 Å². The maximum Gasteiger partial charge on any atom is 0.306 e. The Bertz CT molecular complexity index is 1200. The van der Waals surface area contributed by atoms with Gasteiger partial charge in [0.2, 0.25) is 0 Å². The number of carbonyl (C=O) groups excluding carboxylic acids is 3. The van der Waals surface area contributed by atoms with Crippen molar-refractivity contribution in [3.63, 3.8) is 0 Å². The third-order valence-corrected chi connectivity index (χ3v) is 10.6. The van der Waals surface area contributed by atoms with Gasteiger partial charge in [-0.2, -0.15) is 0 Å². The Hall–Kier alpha value is -3.41. The molecule has 0 amide bonds. The molecular weight excluding hydrogens is 757 g/mol. The van der Waals surface area contributed by atoms with E-state index in [4.69, 9.17) is 14.2 Å². The minimum atomic E-state index is -0.803. The van der Waals surface area contributed by atoms with Crippen LogP contribution in [0.3, 0.4) is 0 Å². The summed E-state index contributed by atoms with van der Waals surface area (Å²) in [4.78, 5) is 37.9. The maximum absolute atomic E-state index is 12.8. The summed E-state index contributed by atoms with van der Waals surface area (Å²) in [7, 11) is 0. The molecule has 1 unspecified atom stereocenters. The highest BCUT2D eigenvalue weighted by Crippen LogP contribution is 2.15. The van der Waals surface area contributed by atoms with E-state index in [-0.39, 0.29) is 37.5 Å². The van der Waals surface area contributed by atoms with Crippen LogP contribution in [0.5, 0.6) is 0 Å². The van der Waals surface area contributed by atoms with Crippen LogP contribution in [0.1, 0.15) is 226 Å². The van der Waals surface area contributed by atoms with Gasteiger partial charge in [-0.3, -0.25) is 14.4 Å². The van der Waals surface area contributed by atoms with Crippen molar-refractivity contribution in [1.82, 2.24) is 0 Å². The van der Waals surface area contributed by atoms with Gasteiger partial charge in [-0.15, -0.1) is 0 Å². The Labute approximate surface area is 375 Å². The van der Waals surface area contributed by atoms with E-state index < -0.39 is 6.10 Å². The Morgan fingerprint density at radius 1 is 0.344 bits per heavy atom. The molecule has 6 heteroatoms. The standard InChI is InChI=1S/C55H92O6/c1-4-7-10-13-16-19-22-25-26-27-28-31-33-36-39-42-45-48-54(57)60-51-52(61-55(58)49-46-43-40-37-34-30-24-21-18-15-12-9-6-3)50-59-53(56)47-44-41-38-35-32-29-23-20-17-14-11-8-5-2/h8-9,11-12,14-15,17-18,20-21,23-24,30,34,52H,4-7,10,13,16,19,22,25-29,31-33,35-51H2,1-3H3/b11-8+,12-9+,17-14+,18-15+,23-20+,24-21+,34-30+. The van der Waals surface area contributed by atoms with Crippen molar-refractivity contribution < 1.29 is 28.6 Å². The van der Waals surface area contributed by atoms with Gasteiger partial charge in [-0.25, -0.2) is 0 Å². The molecule has 0 rings (SSSR count). The molecule has 348 valence electrons. The van der Waals surface area contributed by atoms with Crippen LogP contribution in [-0.2, 0) is 28.6 Å². The van der Waals surface area contributed by atoms with Gasteiger partial charge in [0.15, 0.2) is 6.10 Å². The summed E-state index contributed by atoms with van der Waals surface area (Å²) < 4.78 is 16.7. The van der Waals surface area contributed by atoms with Crippen LogP contribution < -0.4 is 0 Å². The number of rotatable bonds is 44. The number of hydrogen-bond acceptors (Lipinski definition) is 6. The third-order valence-electron chi connectivity index (χ3n) is 10.6. The van der Waals surface area contributed by atoms with E-state index in [1.54, 1.807) is 0 Å². The van der Waals surface area contributed by atoms with Gasteiger partial charge < -0.3 is 14.2 Å². The minimum Gasteiger partial charge on any atom is -0.462 e. The van der Waals surface area contributed by atoms with Gasteiger partial charge in [0, 0.05) is 19.3 Å². The first-order chi connectivity index (χ1) is 30.0. The highest BCUT2D eigenvalue weighted by Gasteiger charge is 2.19. The highest BCUT2D eigenvalue weighted by molar-refractivity contribution is 5.71. The van der Waals surface area contributed by atoms with Crippen LogP contribution in [0, 0.1) is 0 Å². The summed E-state index contributed by atoms with van der Waals surface area (Å²) in [6.07, 6.45) is 62.8. The quantitative estimate of drug-likeness (QED) is 0.0263. The number of ether oxygens (including phenoxy) is 3. The van der Waals surface area contributed by atoms with Gasteiger partial charge in [0.25, 0.3) is 0 Å². The summed E-state index contributed by atoms with van der Waals surface area (Å²) >= 11 is 0. The number of hydrogen-bond donors (Lipinski definition) is 0. The van der Waals surface area contributed by atoms with E-state index in [2.05, 4.69) is 69.4 Å². The van der Waals surface area contributed by atoms with Crippen molar-refractivity contribution in [2.24, 2.45) is 0 Å². The third kappa shape index (κ3) is 47.5. The SMILES string of the molecule is CC/C=C/C=C/C=C/C=C/CCCCCC(=O)OC(COC(=O)CCCCCCC/C=C/C=C/C=C/CC)COC(=O)CCCCCCCCCCCCCCCCCCC. The van der Waals surface area contributed by atoms with E-state index >= 15 is 0 Å². The zero-order valence-electron chi connectivity index (χ0n) is 39.7. The van der Waals surface area contributed by atoms with Crippen molar-refractivity contribution in [3.05, 3.63) is 85.1 Å². The normalized spacial score (nSPS) is 12.8. The van der Waals surface area contributed by atoms with E-state index in [0.29, 0.717) is 19.3 Å². The molecule has 0 radical (unpaired) electrons. The number of esters is 3. The topological polar surface area (TPSA) is 78.9 Å². The molecule has 0 aromatic rings. The van der Waals surface area contributed by atoms with E-state index in [0.717, 1.165) is 89.9 Å². The van der Waals surface area contributed by atoms with Gasteiger partial charge in [-0.05, 0) is 57.8 Å². The fourth-order valence-corrected chi connectivity index (χ4v) is 6.81. The van der Waals surface area contributed by atoms with Crippen molar-refractivity contribution in [2.45, 2.75) is 232 Å². The average molecular weight is 849 g/mol. The summed E-state index contributed by atoms with van der Waals surface area (Å²) in [6, 6.07) is 0. The molecule has 0 heterocycles. The molecule has 0 fully saturated rings. The maximum atomic E-state index is 12.8. The lowest BCUT2D eigenvalue weighted by molar-refractivity contribution is -0.167. The molecule has 0 aliphatic rings. The minimum absolute atomic E-state index is 0.0983. The lowest BCUT2D eigenvalue weighted by Gasteiger charge is -2.18. The molecule has 0 saturated heterocycles. The highest BCUT2D eigenvalue weighted by atomic mass is 16.6. The van der Waals surface area contributed by atoms with Crippen molar-refractivity contribution in [1.29, 1.82) is 0 Å². The molecule has 0 aliphatic carbocycles. The first-order valence-electron chi connectivity index (χ1n) is 25.2. The lowest BCUT2D eigenvalue weighted by Crippen LogP contribution is -2.30. The zero-order valence-corrected chi connectivity index (χ0v) is 39.7. The molecule has 0 aromatic heterocycles. The molecule has 0 spiro atoms. The molecule has 61 heavy (non-hydrogen) atoms. The second kappa shape index (κ2) is 49.2. The van der Waals surface area contributed by atoms with E-state index in [1.165, 1.54) is 89.9 Å².